The van der Waals surface area contributed by atoms with Gasteiger partial charge in [0, 0.05) is 6.04 Å². The summed E-state index contributed by atoms with van der Waals surface area (Å²) in [7, 11) is 2.08. The largest absolute Gasteiger partial charge is 0.489 e. The van der Waals surface area contributed by atoms with Gasteiger partial charge in [-0.15, -0.1) is 0 Å². The minimum atomic E-state index is -0.856. The molecule has 1 aromatic heterocycles. The Morgan fingerprint density at radius 1 is 1.33 bits per heavy atom. The van der Waals surface area contributed by atoms with Crippen LogP contribution in [-0.2, 0) is 12.2 Å². The molecule has 0 saturated carbocycles. The number of likely N-dealkylation sites (tertiary alicyclic amines) is 1. The van der Waals surface area contributed by atoms with Crippen molar-refractivity contribution >= 4 is 0 Å². The van der Waals surface area contributed by atoms with E-state index in [9.17, 15) is 5.11 Å². The van der Waals surface area contributed by atoms with E-state index < -0.39 is 5.60 Å². The van der Waals surface area contributed by atoms with Crippen LogP contribution in [-0.4, -0.2) is 34.8 Å². The maximum absolute atomic E-state index is 11.0. The Balaban J connectivity index is 1.69. The molecule has 5 nitrogen and oxygen atoms in total. The summed E-state index contributed by atoms with van der Waals surface area (Å²) in [5.74, 6) is 1.56. The summed E-state index contributed by atoms with van der Waals surface area (Å²) in [5.41, 5.74) is 1.91. The molecule has 1 aliphatic rings. The average Bonchev–Trinajstić information content (AvgIpc) is 3.12. The van der Waals surface area contributed by atoms with E-state index in [1.807, 2.05) is 45.0 Å². The molecule has 0 spiro atoms. The lowest BCUT2D eigenvalue weighted by atomic mass is 9.87. The van der Waals surface area contributed by atoms with Crippen LogP contribution >= 0.6 is 0 Å². The van der Waals surface area contributed by atoms with E-state index in [2.05, 4.69) is 17.1 Å². The van der Waals surface area contributed by atoms with Gasteiger partial charge in [0.05, 0.1) is 11.3 Å². The van der Waals surface area contributed by atoms with Crippen LogP contribution in [0.15, 0.2) is 28.8 Å². The highest BCUT2D eigenvalue weighted by Crippen LogP contribution is 2.34. The number of ether oxygens (including phenoxy) is 1. The second-order valence-electron chi connectivity index (χ2n) is 6.90. The lowest BCUT2D eigenvalue weighted by Crippen LogP contribution is -2.43. The minimum Gasteiger partial charge on any atom is -0.489 e. The Bertz CT molecular complexity index is 672. The van der Waals surface area contributed by atoms with E-state index in [-0.39, 0.29) is 6.04 Å². The van der Waals surface area contributed by atoms with E-state index in [4.69, 9.17) is 9.26 Å². The van der Waals surface area contributed by atoms with Gasteiger partial charge in [-0.2, -0.15) is 0 Å². The van der Waals surface area contributed by atoms with Crippen molar-refractivity contribution < 1.29 is 14.4 Å². The van der Waals surface area contributed by atoms with Gasteiger partial charge in [-0.25, -0.2) is 0 Å². The van der Waals surface area contributed by atoms with Crippen molar-refractivity contribution in [2.75, 3.05) is 13.6 Å². The monoisotopic (exact) mass is 330 g/mol. The zero-order valence-electron chi connectivity index (χ0n) is 14.9. The van der Waals surface area contributed by atoms with E-state index in [1.165, 1.54) is 0 Å². The van der Waals surface area contributed by atoms with E-state index >= 15 is 0 Å². The predicted octanol–water partition coefficient (Wildman–Crippen LogP) is 3.17. The highest BCUT2D eigenvalue weighted by molar-refractivity contribution is 5.32. The summed E-state index contributed by atoms with van der Waals surface area (Å²) >= 11 is 0. The number of aryl methyl sites for hydroxylation is 2. The van der Waals surface area contributed by atoms with Crippen molar-refractivity contribution in [1.82, 2.24) is 10.1 Å². The van der Waals surface area contributed by atoms with Gasteiger partial charge in [-0.05, 0) is 64.9 Å². The molecule has 0 radical (unpaired) electrons. The fourth-order valence-electron chi connectivity index (χ4n) is 3.56. The Labute approximate surface area is 143 Å². The van der Waals surface area contributed by atoms with Gasteiger partial charge in [-0.3, -0.25) is 0 Å². The maximum Gasteiger partial charge on any atom is 0.140 e. The molecular formula is C19H26N2O3. The van der Waals surface area contributed by atoms with E-state index in [0.29, 0.717) is 6.61 Å². The number of aromatic nitrogens is 1. The Kier molecular flexibility index (Phi) is 4.65. The molecule has 24 heavy (non-hydrogen) atoms. The number of hydrogen-bond donors (Lipinski definition) is 1. The highest BCUT2D eigenvalue weighted by atomic mass is 16.5. The quantitative estimate of drug-likeness (QED) is 0.912. The van der Waals surface area contributed by atoms with Crippen LogP contribution in [0.2, 0.25) is 0 Å². The third-order valence-electron chi connectivity index (χ3n) is 5.17. The summed E-state index contributed by atoms with van der Waals surface area (Å²) in [6, 6.07) is 7.89. The molecule has 130 valence electrons. The lowest BCUT2D eigenvalue weighted by Gasteiger charge is -2.35. The second kappa shape index (κ2) is 6.57. The molecule has 0 bridgehead atoms. The minimum absolute atomic E-state index is 0.159. The molecule has 1 fully saturated rings. The van der Waals surface area contributed by atoms with Gasteiger partial charge >= 0.3 is 0 Å². The zero-order chi connectivity index (χ0) is 17.3. The number of aliphatic hydroxyl groups is 1. The zero-order valence-corrected chi connectivity index (χ0v) is 14.9. The molecular weight excluding hydrogens is 304 g/mol. The lowest BCUT2D eigenvalue weighted by molar-refractivity contribution is -0.0153. The van der Waals surface area contributed by atoms with Crippen molar-refractivity contribution in [2.45, 2.75) is 51.9 Å². The van der Waals surface area contributed by atoms with Crippen molar-refractivity contribution in [1.29, 1.82) is 0 Å². The third-order valence-corrected chi connectivity index (χ3v) is 5.17. The summed E-state index contributed by atoms with van der Waals surface area (Å²) in [6.07, 6.45) is 2.16. The molecule has 2 heterocycles. The summed E-state index contributed by atoms with van der Waals surface area (Å²) in [6.45, 7) is 7.17. The van der Waals surface area contributed by atoms with E-state index in [1.54, 1.807) is 0 Å². The SMILES string of the molecule is Cc1noc(C)c1COc1ccc(C(C)(O)[C@H]2CCCN2C)cc1. The Hall–Kier alpha value is -1.85. The van der Waals surface area contributed by atoms with Crippen LogP contribution in [0.25, 0.3) is 0 Å². The molecule has 1 saturated heterocycles. The van der Waals surface area contributed by atoms with Gasteiger partial charge in [0.25, 0.3) is 0 Å². The van der Waals surface area contributed by atoms with Crippen molar-refractivity contribution in [3.05, 3.63) is 46.8 Å². The molecule has 0 aliphatic carbocycles. The van der Waals surface area contributed by atoms with Gasteiger partial charge in [0.15, 0.2) is 0 Å². The molecule has 1 N–H and O–H groups in total. The number of hydrogen-bond acceptors (Lipinski definition) is 5. The topological polar surface area (TPSA) is 58.7 Å². The van der Waals surface area contributed by atoms with Gasteiger partial charge in [0.2, 0.25) is 0 Å². The molecule has 2 atom stereocenters. The summed E-state index contributed by atoms with van der Waals surface area (Å²) in [4.78, 5) is 2.24. The highest BCUT2D eigenvalue weighted by Gasteiger charge is 2.38. The van der Waals surface area contributed by atoms with E-state index in [0.717, 1.165) is 47.7 Å². The van der Waals surface area contributed by atoms with Gasteiger partial charge in [0.1, 0.15) is 23.7 Å². The first-order valence-electron chi connectivity index (χ1n) is 8.47. The predicted molar refractivity (Wildman–Crippen MR) is 92.0 cm³/mol. The molecule has 0 amide bonds. The van der Waals surface area contributed by atoms with Crippen molar-refractivity contribution in [3.63, 3.8) is 0 Å². The van der Waals surface area contributed by atoms with Crippen molar-refractivity contribution in [2.24, 2.45) is 0 Å². The van der Waals surface area contributed by atoms with Crippen LogP contribution in [0.4, 0.5) is 0 Å². The van der Waals surface area contributed by atoms with Gasteiger partial charge < -0.3 is 19.3 Å². The van der Waals surface area contributed by atoms with Crippen LogP contribution < -0.4 is 4.74 Å². The molecule has 1 unspecified atom stereocenters. The Morgan fingerprint density at radius 2 is 2.04 bits per heavy atom. The first-order chi connectivity index (χ1) is 11.4. The third kappa shape index (κ3) is 3.19. The standard InChI is InChI=1S/C19H26N2O3/c1-13-17(14(2)24-20-13)12-23-16-9-7-15(8-10-16)19(3,22)18-6-5-11-21(18)4/h7-10,18,22H,5-6,11-12H2,1-4H3/t18-,19?/m1/s1. The number of nitrogens with zero attached hydrogens (tertiary/aromatic N) is 2. The van der Waals surface area contributed by atoms with Crippen LogP contribution in [0, 0.1) is 13.8 Å². The number of benzene rings is 1. The first-order valence-corrected chi connectivity index (χ1v) is 8.47. The number of likely N-dealkylation sites (N-methyl/N-ethyl adjacent to an activating group) is 1. The van der Waals surface area contributed by atoms with Gasteiger partial charge in [-0.1, -0.05) is 17.3 Å². The molecule has 1 aliphatic heterocycles. The average molecular weight is 330 g/mol. The maximum atomic E-state index is 11.0. The number of rotatable bonds is 5. The van der Waals surface area contributed by atoms with Crippen LogP contribution in [0.3, 0.4) is 0 Å². The van der Waals surface area contributed by atoms with Crippen LogP contribution in [0.5, 0.6) is 5.75 Å². The molecule has 1 aromatic carbocycles. The first kappa shape index (κ1) is 17.0. The normalized spacial score (nSPS) is 21.0. The van der Waals surface area contributed by atoms with Crippen molar-refractivity contribution in [3.8, 4) is 5.75 Å². The summed E-state index contributed by atoms with van der Waals surface area (Å²) in [5, 5.41) is 14.9. The Morgan fingerprint density at radius 3 is 2.58 bits per heavy atom. The molecule has 3 rings (SSSR count). The fourth-order valence-corrected chi connectivity index (χ4v) is 3.56. The summed E-state index contributed by atoms with van der Waals surface area (Å²) < 4.78 is 11.0. The molecule has 2 aromatic rings. The van der Waals surface area contributed by atoms with Crippen LogP contribution in [0.1, 0.15) is 42.3 Å². The second-order valence-corrected chi connectivity index (χ2v) is 6.90. The smallest absolute Gasteiger partial charge is 0.140 e. The molecule has 5 heteroatoms. The fraction of sp³-hybridized carbons (Fsp3) is 0.526.